The van der Waals surface area contributed by atoms with Crippen molar-refractivity contribution >= 4 is 11.7 Å². The number of carbonyl (C=O) groups is 1. The molecule has 3 aromatic rings. The Labute approximate surface area is 164 Å². The highest BCUT2D eigenvalue weighted by Crippen LogP contribution is 2.31. The van der Waals surface area contributed by atoms with E-state index in [0.717, 1.165) is 49.3 Å². The molecule has 1 amide bonds. The molecule has 1 fully saturated rings. The number of imidazole rings is 1. The van der Waals surface area contributed by atoms with Gasteiger partial charge < -0.3 is 4.90 Å². The van der Waals surface area contributed by atoms with Crippen LogP contribution in [-0.2, 0) is 4.79 Å². The van der Waals surface area contributed by atoms with Gasteiger partial charge in [0.25, 0.3) is 0 Å². The summed E-state index contributed by atoms with van der Waals surface area (Å²) >= 11 is 0. The molecule has 5 nitrogen and oxygen atoms in total. The third-order valence-electron chi connectivity index (χ3n) is 5.83. The average molecular weight is 380 g/mol. The molecule has 1 aromatic carbocycles. The Hall–Kier alpha value is -2.76. The Morgan fingerprint density at radius 3 is 2.64 bits per heavy atom. The highest BCUT2D eigenvalue weighted by molar-refractivity contribution is 5.79. The zero-order valence-electron chi connectivity index (χ0n) is 16.3. The number of fused-ring (bicyclic) bond motifs is 1. The Bertz CT molecular complexity index is 978. The summed E-state index contributed by atoms with van der Waals surface area (Å²) in [5.41, 5.74) is 2.88. The van der Waals surface area contributed by atoms with E-state index in [9.17, 15) is 9.18 Å². The Morgan fingerprint density at radius 1 is 1.18 bits per heavy atom. The highest BCUT2D eigenvalue weighted by atomic mass is 19.1. The molecule has 146 valence electrons. The molecule has 1 saturated heterocycles. The molecule has 0 aliphatic carbocycles. The number of likely N-dealkylation sites (tertiary alicyclic amines) is 1. The third-order valence-corrected chi connectivity index (χ3v) is 5.83. The van der Waals surface area contributed by atoms with Crippen molar-refractivity contribution in [3.05, 3.63) is 54.2 Å². The molecule has 3 heterocycles. The smallest absolute Gasteiger partial charge is 0.234 e. The molecule has 4 rings (SSSR count). The van der Waals surface area contributed by atoms with Gasteiger partial charge in [0.2, 0.25) is 11.7 Å². The summed E-state index contributed by atoms with van der Waals surface area (Å²) in [7, 11) is 0. The van der Waals surface area contributed by atoms with E-state index >= 15 is 0 Å². The van der Waals surface area contributed by atoms with Gasteiger partial charge in [0.05, 0.1) is 11.9 Å². The maximum Gasteiger partial charge on any atom is 0.234 e. The second-order valence-electron chi connectivity index (χ2n) is 7.44. The Kier molecular flexibility index (Phi) is 5.11. The van der Waals surface area contributed by atoms with Gasteiger partial charge >= 0.3 is 0 Å². The van der Waals surface area contributed by atoms with Crippen molar-refractivity contribution < 1.29 is 9.18 Å². The third kappa shape index (κ3) is 3.28. The SMILES string of the molecule is CCC(CC)C(=O)N1CCC(c2ccnc3ncc(-c4ccc(F)cc4)n23)C1. The number of aromatic nitrogens is 3. The van der Waals surface area contributed by atoms with Gasteiger partial charge in [0.1, 0.15) is 5.82 Å². The molecule has 1 atom stereocenters. The minimum atomic E-state index is -0.262. The van der Waals surface area contributed by atoms with Crippen LogP contribution in [0.25, 0.3) is 17.0 Å². The van der Waals surface area contributed by atoms with Crippen LogP contribution in [0.2, 0.25) is 0 Å². The zero-order valence-corrected chi connectivity index (χ0v) is 16.3. The van der Waals surface area contributed by atoms with E-state index in [0.29, 0.717) is 5.78 Å². The summed E-state index contributed by atoms with van der Waals surface area (Å²) in [6.45, 7) is 5.65. The minimum Gasteiger partial charge on any atom is -0.342 e. The van der Waals surface area contributed by atoms with E-state index in [1.807, 2.05) is 15.4 Å². The number of hydrogen-bond donors (Lipinski definition) is 0. The van der Waals surface area contributed by atoms with Crippen LogP contribution in [0.1, 0.15) is 44.7 Å². The number of nitrogens with zero attached hydrogens (tertiary/aromatic N) is 4. The van der Waals surface area contributed by atoms with E-state index in [-0.39, 0.29) is 23.6 Å². The first-order valence-corrected chi connectivity index (χ1v) is 9.99. The quantitative estimate of drug-likeness (QED) is 0.664. The average Bonchev–Trinajstić information content (AvgIpc) is 3.37. The van der Waals surface area contributed by atoms with Crippen molar-refractivity contribution in [2.45, 2.75) is 39.0 Å². The lowest BCUT2D eigenvalue weighted by Gasteiger charge is -2.22. The second-order valence-corrected chi connectivity index (χ2v) is 7.44. The maximum atomic E-state index is 13.3. The van der Waals surface area contributed by atoms with Gasteiger partial charge in [-0.15, -0.1) is 0 Å². The standard InChI is InChI=1S/C22H25FN4O/c1-3-15(4-2)21(28)26-12-10-17(14-26)19-9-11-24-22-25-13-20(27(19)22)16-5-7-18(23)8-6-16/h5-9,11,13,15,17H,3-4,10,12,14H2,1-2H3. The molecule has 0 saturated carbocycles. The fraction of sp³-hybridized carbons (Fsp3) is 0.409. The molecule has 0 N–H and O–H groups in total. The van der Waals surface area contributed by atoms with E-state index in [1.165, 1.54) is 12.1 Å². The van der Waals surface area contributed by atoms with Crippen LogP contribution >= 0.6 is 0 Å². The Balaban J connectivity index is 1.67. The maximum absolute atomic E-state index is 13.3. The highest BCUT2D eigenvalue weighted by Gasteiger charge is 2.31. The number of benzene rings is 1. The zero-order chi connectivity index (χ0) is 19.7. The van der Waals surface area contributed by atoms with Crippen LogP contribution < -0.4 is 0 Å². The van der Waals surface area contributed by atoms with Crippen LogP contribution in [0.15, 0.2) is 42.7 Å². The summed E-state index contributed by atoms with van der Waals surface area (Å²) in [5, 5.41) is 0. The van der Waals surface area contributed by atoms with Gasteiger partial charge in [-0.2, -0.15) is 0 Å². The van der Waals surface area contributed by atoms with Crippen LogP contribution in [-0.4, -0.2) is 38.3 Å². The lowest BCUT2D eigenvalue weighted by molar-refractivity contribution is -0.134. The topological polar surface area (TPSA) is 50.5 Å². The molecule has 1 aliphatic heterocycles. The molecular formula is C22H25FN4O. The van der Waals surface area contributed by atoms with E-state index < -0.39 is 0 Å². The van der Waals surface area contributed by atoms with Crippen molar-refractivity contribution in [3.8, 4) is 11.3 Å². The molecular weight excluding hydrogens is 355 g/mol. The summed E-state index contributed by atoms with van der Waals surface area (Å²) < 4.78 is 15.4. The van der Waals surface area contributed by atoms with Gasteiger partial charge in [-0.1, -0.05) is 13.8 Å². The van der Waals surface area contributed by atoms with Crippen LogP contribution in [0, 0.1) is 11.7 Å². The molecule has 1 unspecified atom stereocenters. The predicted molar refractivity (Wildman–Crippen MR) is 106 cm³/mol. The fourth-order valence-electron chi connectivity index (χ4n) is 4.18. The number of amides is 1. The van der Waals surface area contributed by atoms with Crippen LogP contribution in [0.5, 0.6) is 0 Å². The first-order valence-electron chi connectivity index (χ1n) is 9.99. The van der Waals surface area contributed by atoms with E-state index in [2.05, 4.69) is 23.8 Å². The van der Waals surface area contributed by atoms with E-state index in [4.69, 9.17) is 0 Å². The van der Waals surface area contributed by atoms with Gasteiger partial charge in [-0.25, -0.2) is 14.4 Å². The first kappa shape index (κ1) is 18.6. The largest absolute Gasteiger partial charge is 0.342 e. The number of halogens is 1. The van der Waals surface area contributed by atoms with Crippen molar-refractivity contribution in [1.29, 1.82) is 0 Å². The molecule has 0 bridgehead atoms. The molecule has 6 heteroatoms. The monoisotopic (exact) mass is 380 g/mol. The van der Waals surface area contributed by atoms with Crippen LogP contribution in [0.3, 0.4) is 0 Å². The number of carbonyl (C=O) groups excluding carboxylic acids is 1. The van der Waals surface area contributed by atoms with Gasteiger partial charge in [0.15, 0.2) is 0 Å². The molecule has 0 radical (unpaired) electrons. The van der Waals surface area contributed by atoms with Crippen molar-refractivity contribution in [2.75, 3.05) is 13.1 Å². The van der Waals surface area contributed by atoms with Crippen molar-refractivity contribution in [3.63, 3.8) is 0 Å². The van der Waals surface area contributed by atoms with Crippen LogP contribution in [0.4, 0.5) is 4.39 Å². The lowest BCUT2D eigenvalue weighted by Crippen LogP contribution is -2.34. The number of hydrogen-bond acceptors (Lipinski definition) is 3. The first-order chi connectivity index (χ1) is 13.6. The summed E-state index contributed by atoms with van der Waals surface area (Å²) in [4.78, 5) is 23.6. The summed E-state index contributed by atoms with van der Waals surface area (Å²) in [5.74, 6) is 0.975. The summed E-state index contributed by atoms with van der Waals surface area (Å²) in [6, 6.07) is 8.44. The van der Waals surface area contributed by atoms with Gasteiger partial charge in [-0.3, -0.25) is 9.20 Å². The van der Waals surface area contributed by atoms with Crippen molar-refractivity contribution in [1.82, 2.24) is 19.3 Å². The lowest BCUT2D eigenvalue weighted by atomic mass is 10.0. The molecule has 2 aromatic heterocycles. The molecule has 28 heavy (non-hydrogen) atoms. The Morgan fingerprint density at radius 2 is 1.93 bits per heavy atom. The fourth-order valence-corrected chi connectivity index (χ4v) is 4.18. The second kappa shape index (κ2) is 7.70. The molecule has 0 spiro atoms. The van der Waals surface area contributed by atoms with E-state index in [1.54, 1.807) is 24.5 Å². The summed E-state index contributed by atoms with van der Waals surface area (Å²) in [6.07, 6.45) is 6.24. The molecule has 1 aliphatic rings. The normalized spacial score (nSPS) is 17.0. The van der Waals surface area contributed by atoms with Crippen molar-refractivity contribution in [2.24, 2.45) is 5.92 Å². The van der Waals surface area contributed by atoms with Gasteiger partial charge in [0, 0.05) is 42.4 Å². The minimum absolute atomic E-state index is 0.110. The van der Waals surface area contributed by atoms with Gasteiger partial charge in [-0.05, 0) is 49.6 Å². The predicted octanol–water partition coefficient (Wildman–Crippen LogP) is 4.29. The number of rotatable bonds is 5.